The van der Waals surface area contributed by atoms with Gasteiger partial charge in [-0.15, -0.1) is 0 Å². The maximum atomic E-state index is 12.0. The number of anilines is 1. The van der Waals surface area contributed by atoms with E-state index in [4.69, 9.17) is 4.52 Å². The molecule has 0 bridgehead atoms. The first-order valence-electron chi connectivity index (χ1n) is 8.64. The van der Waals surface area contributed by atoms with Crippen LogP contribution < -0.4 is 5.32 Å². The molecule has 0 aliphatic rings. The number of carbonyl (C=O) groups is 1. The van der Waals surface area contributed by atoms with Crippen LogP contribution in [0.3, 0.4) is 0 Å². The molecule has 6 nitrogen and oxygen atoms in total. The van der Waals surface area contributed by atoms with Crippen molar-refractivity contribution in [3.8, 4) is 22.2 Å². The van der Waals surface area contributed by atoms with Crippen LogP contribution in [-0.4, -0.2) is 21.0 Å². The van der Waals surface area contributed by atoms with Gasteiger partial charge in [0.1, 0.15) is 4.88 Å². The van der Waals surface area contributed by atoms with Crippen LogP contribution in [0.1, 0.15) is 45.7 Å². The Bertz CT molecular complexity index is 884. The average molecular weight is 370 g/mol. The van der Waals surface area contributed by atoms with Gasteiger partial charge in [0.15, 0.2) is 5.13 Å². The van der Waals surface area contributed by atoms with Gasteiger partial charge in [0.05, 0.1) is 5.69 Å². The molecule has 0 saturated carbocycles. The summed E-state index contributed by atoms with van der Waals surface area (Å²) in [4.78, 5) is 21.9. The third kappa shape index (κ3) is 4.16. The molecule has 0 spiro atoms. The lowest BCUT2D eigenvalue weighted by molar-refractivity contribution is -0.116. The van der Waals surface area contributed by atoms with Gasteiger partial charge in [-0.3, -0.25) is 4.79 Å². The highest BCUT2D eigenvalue weighted by Crippen LogP contribution is 2.36. The largest absolute Gasteiger partial charge is 0.333 e. The molecule has 0 saturated heterocycles. The van der Waals surface area contributed by atoms with Crippen LogP contribution in [0.2, 0.25) is 0 Å². The van der Waals surface area contributed by atoms with Crippen molar-refractivity contribution >= 4 is 22.4 Å². The van der Waals surface area contributed by atoms with E-state index in [1.165, 1.54) is 11.3 Å². The monoisotopic (exact) mass is 370 g/mol. The third-order valence-electron chi connectivity index (χ3n) is 3.69. The summed E-state index contributed by atoms with van der Waals surface area (Å²) < 4.78 is 5.48. The molecule has 0 fully saturated rings. The minimum Gasteiger partial charge on any atom is -0.333 e. The number of hydrogen-bond acceptors (Lipinski definition) is 6. The van der Waals surface area contributed by atoms with E-state index in [9.17, 15) is 4.79 Å². The number of benzene rings is 1. The smallest absolute Gasteiger partial charge is 0.270 e. The Morgan fingerprint density at radius 1 is 1.15 bits per heavy atom. The quantitative estimate of drug-likeness (QED) is 0.662. The van der Waals surface area contributed by atoms with Crippen molar-refractivity contribution in [3.05, 3.63) is 36.0 Å². The Hall–Kier alpha value is -2.54. The predicted molar refractivity (Wildman–Crippen MR) is 103 cm³/mol. The zero-order chi connectivity index (χ0) is 18.7. The van der Waals surface area contributed by atoms with Crippen LogP contribution in [0.15, 0.2) is 34.9 Å². The fourth-order valence-corrected chi connectivity index (χ4v) is 3.55. The lowest BCUT2D eigenvalue weighted by Crippen LogP contribution is -2.13. The van der Waals surface area contributed by atoms with E-state index < -0.39 is 0 Å². The van der Waals surface area contributed by atoms with Crippen LogP contribution in [0, 0.1) is 5.92 Å². The standard InChI is InChI=1S/C19H22N4O2S/c1-11(2)10-14(24)20-19-21-15(12(3)4)16(26-19)18-22-17(23-25-18)13-8-6-5-7-9-13/h5-9,11-12H,10H2,1-4H3,(H,20,21,24). The summed E-state index contributed by atoms with van der Waals surface area (Å²) in [5.74, 6) is 1.39. The zero-order valence-corrected chi connectivity index (χ0v) is 16.1. The molecule has 0 aliphatic carbocycles. The molecule has 7 heteroatoms. The van der Waals surface area contributed by atoms with E-state index in [0.29, 0.717) is 29.2 Å². The summed E-state index contributed by atoms with van der Waals surface area (Å²) in [5.41, 5.74) is 1.74. The maximum absolute atomic E-state index is 12.0. The molecule has 0 unspecified atom stereocenters. The molecule has 1 amide bonds. The Balaban J connectivity index is 1.89. The molecule has 26 heavy (non-hydrogen) atoms. The second-order valence-corrected chi connectivity index (χ2v) is 7.82. The van der Waals surface area contributed by atoms with Crippen LogP contribution in [0.4, 0.5) is 5.13 Å². The number of aromatic nitrogens is 3. The van der Waals surface area contributed by atoms with Gasteiger partial charge in [-0.1, -0.05) is 74.5 Å². The van der Waals surface area contributed by atoms with Crippen molar-refractivity contribution in [2.24, 2.45) is 5.92 Å². The van der Waals surface area contributed by atoms with Crippen molar-refractivity contribution in [2.45, 2.75) is 40.0 Å². The lowest BCUT2D eigenvalue weighted by Gasteiger charge is -2.03. The highest BCUT2D eigenvalue weighted by atomic mass is 32.1. The van der Waals surface area contributed by atoms with E-state index in [2.05, 4.69) is 20.4 Å². The van der Waals surface area contributed by atoms with Gasteiger partial charge in [0, 0.05) is 12.0 Å². The Kier molecular flexibility index (Phi) is 5.46. The fraction of sp³-hybridized carbons (Fsp3) is 0.368. The molecule has 0 radical (unpaired) electrons. The van der Waals surface area contributed by atoms with E-state index in [-0.39, 0.29) is 11.8 Å². The topological polar surface area (TPSA) is 80.9 Å². The van der Waals surface area contributed by atoms with Crippen molar-refractivity contribution in [2.75, 3.05) is 5.32 Å². The number of amides is 1. The van der Waals surface area contributed by atoms with E-state index in [1.54, 1.807) is 0 Å². The van der Waals surface area contributed by atoms with Gasteiger partial charge in [0.25, 0.3) is 5.89 Å². The maximum Gasteiger partial charge on any atom is 0.270 e. The molecule has 136 valence electrons. The number of nitrogens with one attached hydrogen (secondary N) is 1. The predicted octanol–water partition coefficient (Wildman–Crippen LogP) is 4.97. The second-order valence-electron chi connectivity index (χ2n) is 6.82. The number of thiazole rings is 1. The van der Waals surface area contributed by atoms with Gasteiger partial charge in [-0.25, -0.2) is 4.98 Å². The number of hydrogen-bond donors (Lipinski definition) is 1. The number of carbonyl (C=O) groups excluding carboxylic acids is 1. The molecule has 0 atom stereocenters. The van der Waals surface area contributed by atoms with Crippen LogP contribution in [0.25, 0.3) is 22.2 Å². The van der Waals surface area contributed by atoms with Gasteiger partial charge in [0.2, 0.25) is 11.7 Å². The highest BCUT2D eigenvalue weighted by molar-refractivity contribution is 7.19. The van der Waals surface area contributed by atoms with Crippen LogP contribution >= 0.6 is 11.3 Å². The lowest BCUT2D eigenvalue weighted by atomic mass is 10.1. The number of nitrogens with zero attached hydrogens (tertiary/aromatic N) is 3. The summed E-state index contributed by atoms with van der Waals surface area (Å²) in [7, 11) is 0. The fourth-order valence-electron chi connectivity index (χ4n) is 2.49. The van der Waals surface area contributed by atoms with Gasteiger partial charge in [-0.2, -0.15) is 4.98 Å². The van der Waals surface area contributed by atoms with Crippen molar-refractivity contribution in [1.82, 2.24) is 15.1 Å². The second kappa shape index (κ2) is 7.78. The number of rotatable bonds is 6. The summed E-state index contributed by atoms with van der Waals surface area (Å²) in [6.07, 6.45) is 0.463. The first kappa shape index (κ1) is 18.3. The zero-order valence-electron chi connectivity index (χ0n) is 15.3. The third-order valence-corrected chi connectivity index (χ3v) is 4.67. The SMILES string of the molecule is CC(C)CC(=O)Nc1nc(C(C)C)c(-c2nc(-c3ccccc3)no2)s1. The van der Waals surface area contributed by atoms with E-state index in [1.807, 2.05) is 58.0 Å². The van der Waals surface area contributed by atoms with E-state index >= 15 is 0 Å². The molecule has 2 aromatic heterocycles. The van der Waals surface area contributed by atoms with Gasteiger partial charge in [-0.05, 0) is 11.8 Å². The first-order chi connectivity index (χ1) is 12.4. The van der Waals surface area contributed by atoms with Gasteiger partial charge >= 0.3 is 0 Å². The molecule has 3 rings (SSSR count). The molecule has 0 aliphatic heterocycles. The first-order valence-corrected chi connectivity index (χ1v) is 9.45. The van der Waals surface area contributed by atoms with E-state index in [0.717, 1.165) is 16.1 Å². The highest BCUT2D eigenvalue weighted by Gasteiger charge is 2.22. The average Bonchev–Trinajstić information content (AvgIpc) is 3.21. The Morgan fingerprint density at radius 3 is 2.54 bits per heavy atom. The molecule has 2 heterocycles. The van der Waals surface area contributed by atoms with Crippen LogP contribution in [-0.2, 0) is 4.79 Å². The molecule has 3 aromatic rings. The molecular weight excluding hydrogens is 348 g/mol. The molecule has 1 aromatic carbocycles. The van der Waals surface area contributed by atoms with Crippen molar-refractivity contribution in [3.63, 3.8) is 0 Å². The minimum absolute atomic E-state index is 0.0360. The Morgan fingerprint density at radius 2 is 1.88 bits per heavy atom. The molecular formula is C19H22N4O2S. The summed E-state index contributed by atoms with van der Waals surface area (Å²) in [6, 6.07) is 9.67. The Labute approximate surface area is 156 Å². The van der Waals surface area contributed by atoms with Gasteiger partial charge < -0.3 is 9.84 Å². The minimum atomic E-state index is -0.0360. The molecule has 1 N–H and O–H groups in total. The normalized spacial score (nSPS) is 11.3. The van der Waals surface area contributed by atoms with Crippen molar-refractivity contribution < 1.29 is 9.32 Å². The van der Waals surface area contributed by atoms with Crippen molar-refractivity contribution in [1.29, 1.82) is 0 Å². The van der Waals surface area contributed by atoms with Crippen LogP contribution in [0.5, 0.6) is 0 Å². The summed E-state index contributed by atoms with van der Waals surface area (Å²) in [6.45, 7) is 8.12. The summed E-state index contributed by atoms with van der Waals surface area (Å²) >= 11 is 1.37. The summed E-state index contributed by atoms with van der Waals surface area (Å²) in [5, 5.41) is 7.52.